The molecule has 6 nitrogen and oxygen atoms in total. The zero-order valence-electron chi connectivity index (χ0n) is 12.2. The summed E-state index contributed by atoms with van der Waals surface area (Å²) in [5.41, 5.74) is -0.299. The molecule has 1 heterocycles. The Bertz CT molecular complexity index is 595. The van der Waals surface area contributed by atoms with Crippen molar-refractivity contribution in [1.29, 1.82) is 0 Å². The van der Waals surface area contributed by atoms with E-state index in [1.165, 1.54) is 11.0 Å². The molecule has 0 N–H and O–H groups in total. The van der Waals surface area contributed by atoms with Crippen LogP contribution in [0.1, 0.15) is 32.8 Å². The van der Waals surface area contributed by atoms with Gasteiger partial charge in [-0.1, -0.05) is 0 Å². The largest absolute Gasteiger partial charge is 0.443 e. The van der Waals surface area contributed by atoms with Gasteiger partial charge < -0.3 is 4.74 Å². The Morgan fingerprint density at radius 1 is 1.43 bits per heavy atom. The summed E-state index contributed by atoms with van der Waals surface area (Å²) in [6.45, 7) is 5.63. The van der Waals surface area contributed by atoms with Gasteiger partial charge in [-0.2, -0.15) is 4.39 Å². The Kier molecular flexibility index (Phi) is 3.85. The monoisotopic (exact) mass is 296 g/mol. The van der Waals surface area contributed by atoms with Gasteiger partial charge in [-0.15, -0.1) is 0 Å². The van der Waals surface area contributed by atoms with E-state index in [4.69, 9.17) is 4.74 Å². The summed E-state index contributed by atoms with van der Waals surface area (Å²) in [6, 6.07) is 2.23. The zero-order chi connectivity index (χ0) is 15.8. The van der Waals surface area contributed by atoms with Crippen LogP contribution >= 0.6 is 0 Å². The average Bonchev–Trinajstić information content (AvgIpc) is 2.34. The van der Waals surface area contributed by atoms with E-state index in [2.05, 4.69) is 0 Å². The molecule has 0 saturated carbocycles. The number of benzene rings is 1. The van der Waals surface area contributed by atoms with Gasteiger partial charge in [0.05, 0.1) is 10.6 Å². The molecule has 0 atom stereocenters. The smallest absolute Gasteiger partial charge is 0.414 e. The first-order valence-electron chi connectivity index (χ1n) is 6.66. The van der Waals surface area contributed by atoms with E-state index in [1.54, 1.807) is 20.8 Å². The maximum Gasteiger partial charge on any atom is 0.414 e. The summed E-state index contributed by atoms with van der Waals surface area (Å²) in [4.78, 5) is 23.5. The van der Waals surface area contributed by atoms with Crippen LogP contribution < -0.4 is 4.90 Å². The number of rotatable bonds is 1. The van der Waals surface area contributed by atoms with Crippen molar-refractivity contribution in [2.45, 2.75) is 39.2 Å². The van der Waals surface area contributed by atoms with E-state index in [0.717, 1.165) is 6.07 Å². The summed E-state index contributed by atoms with van der Waals surface area (Å²) in [7, 11) is 0. The minimum atomic E-state index is -0.950. The third-order valence-electron chi connectivity index (χ3n) is 3.08. The first-order valence-corrected chi connectivity index (χ1v) is 6.66. The molecular formula is C14H17FN2O4. The molecule has 1 aliphatic heterocycles. The van der Waals surface area contributed by atoms with E-state index in [0.29, 0.717) is 30.6 Å². The van der Waals surface area contributed by atoms with Crippen LogP contribution in [0.5, 0.6) is 0 Å². The molecule has 0 aromatic heterocycles. The number of halogens is 1. The highest BCUT2D eigenvalue weighted by Gasteiger charge is 2.30. The fourth-order valence-corrected chi connectivity index (χ4v) is 2.24. The Morgan fingerprint density at radius 2 is 2.10 bits per heavy atom. The molecule has 0 unspecified atom stereocenters. The number of nitrogens with zero attached hydrogens (tertiary/aromatic N) is 2. The van der Waals surface area contributed by atoms with Crippen molar-refractivity contribution in [3.63, 3.8) is 0 Å². The number of amides is 1. The molecular weight excluding hydrogens is 279 g/mol. The summed E-state index contributed by atoms with van der Waals surface area (Å²) < 4.78 is 19.1. The number of nitro groups is 1. The highest BCUT2D eigenvalue weighted by atomic mass is 19.1. The molecule has 0 aliphatic carbocycles. The Hall–Kier alpha value is -2.18. The molecule has 114 valence electrons. The topological polar surface area (TPSA) is 72.7 Å². The number of fused-ring (bicyclic) bond motifs is 1. The zero-order valence-corrected chi connectivity index (χ0v) is 12.2. The number of hydrogen-bond donors (Lipinski definition) is 0. The number of nitro benzene ring substituents is 1. The molecule has 0 fully saturated rings. The summed E-state index contributed by atoms with van der Waals surface area (Å²) in [6.07, 6.45) is 0.641. The van der Waals surface area contributed by atoms with E-state index in [9.17, 15) is 19.3 Å². The highest BCUT2D eigenvalue weighted by Crippen LogP contribution is 2.33. The lowest BCUT2D eigenvalue weighted by Gasteiger charge is -2.31. The molecule has 1 aromatic carbocycles. The number of anilines is 1. The van der Waals surface area contributed by atoms with Gasteiger partial charge in [0.1, 0.15) is 5.60 Å². The van der Waals surface area contributed by atoms with Crippen LogP contribution in [0.25, 0.3) is 0 Å². The standard InChI is InChI=1S/C14H17FN2O4/c1-14(2,3)21-13(18)16-6-4-5-9-7-12(17(19)20)10(15)8-11(9)16/h7-8H,4-6H2,1-3H3. The van der Waals surface area contributed by atoms with Gasteiger partial charge in [0.25, 0.3) is 0 Å². The van der Waals surface area contributed by atoms with Gasteiger partial charge in [0.2, 0.25) is 5.82 Å². The fraction of sp³-hybridized carbons (Fsp3) is 0.500. The first-order chi connectivity index (χ1) is 9.69. The van der Waals surface area contributed by atoms with Crippen molar-refractivity contribution >= 4 is 17.5 Å². The number of ether oxygens (including phenoxy) is 1. The van der Waals surface area contributed by atoms with Crippen molar-refractivity contribution in [3.05, 3.63) is 33.6 Å². The summed E-state index contributed by atoms with van der Waals surface area (Å²) in [5.74, 6) is -0.950. The molecule has 21 heavy (non-hydrogen) atoms. The molecule has 0 radical (unpaired) electrons. The van der Waals surface area contributed by atoms with Gasteiger partial charge >= 0.3 is 11.8 Å². The molecule has 1 aromatic rings. The number of hydrogen-bond acceptors (Lipinski definition) is 4. The van der Waals surface area contributed by atoms with Crippen LogP contribution in [0.15, 0.2) is 12.1 Å². The summed E-state index contributed by atoms with van der Waals surface area (Å²) in [5, 5.41) is 10.8. The van der Waals surface area contributed by atoms with Gasteiger partial charge in [-0.3, -0.25) is 15.0 Å². The molecule has 2 rings (SSSR count). The second kappa shape index (κ2) is 5.31. The minimum absolute atomic E-state index is 0.346. The second-order valence-corrected chi connectivity index (χ2v) is 5.92. The lowest BCUT2D eigenvalue weighted by atomic mass is 10.0. The third-order valence-corrected chi connectivity index (χ3v) is 3.08. The van der Waals surface area contributed by atoms with E-state index < -0.39 is 28.1 Å². The van der Waals surface area contributed by atoms with Crippen molar-refractivity contribution in [2.75, 3.05) is 11.4 Å². The lowest BCUT2D eigenvalue weighted by molar-refractivity contribution is -0.387. The molecule has 7 heteroatoms. The predicted molar refractivity (Wildman–Crippen MR) is 75.0 cm³/mol. The maximum absolute atomic E-state index is 13.8. The van der Waals surface area contributed by atoms with Crippen LogP contribution in [-0.4, -0.2) is 23.2 Å². The van der Waals surface area contributed by atoms with Gasteiger partial charge in [-0.05, 0) is 39.2 Å². The van der Waals surface area contributed by atoms with Crippen LogP contribution in [0.4, 0.5) is 20.6 Å². The SMILES string of the molecule is CC(C)(C)OC(=O)N1CCCc2cc([N+](=O)[O-])c(F)cc21. The van der Waals surface area contributed by atoms with E-state index in [1.807, 2.05) is 0 Å². The fourth-order valence-electron chi connectivity index (χ4n) is 2.24. The van der Waals surface area contributed by atoms with E-state index in [-0.39, 0.29) is 0 Å². The normalized spacial score (nSPS) is 14.6. The molecule has 0 bridgehead atoms. The summed E-state index contributed by atoms with van der Waals surface area (Å²) >= 11 is 0. The van der Waals surface area contributed by atoms with Crippen LogP contribution in [0.3, 0.4) is 0 Å². The number of aryl methyl sites for hydroxylation is 1. The van der Waals surface area contributed by atoms with Crippen LogP contribution in [-0.2, 0) is 11.2 Å². The number of carbonyl (C=O) groups excluding carboxylic acids is 1. The quantitative estimate of drug-likeness (QED) is 0.588. The van der Waals surface area contributed by atoms with Gasteiger partial charge in [0, 0.05) is 18.7 Å². The Balaban J connectivity index is 2.38. The van der Waals surface area contributed by atoms with Crippen LogP contribution in [0.2, 0.25) is 0 Å². The molecule has 0 saturated heterocycles. The Labute approximate surface area is 121 Å². The Morgan fingerprint density at radius 3 is 2.67 bits per heavy atom. The lowest BCUT2D eigenvalue weighted by Crippen LogP contribution is -2.39. The van der Waals surface area contributed by atoms with Crippen LogP contribution in [0, 0.1) is 15.9 Å². The highest BCUT2D eigenvalue weighted by molar-refractivity contribution is 5.89. The predicted octanol–water partition coefficient (Wildman–Crippen LogP) is 3.42. The van der Waals surface area contributed by atoms with Gasteiger partial charge in [0.15, 0.2) is 0 Å². The molecule has 1 amide bonds. The average molecular weight is 296 g/mol. The van der Waals surface area contributed by atoms with Crippen molar-refractivity contribution in [3.8, 4) is 0 Å². The second-order valence-electron chi connectivity index (χ2n) is 5.92. The third kappa shape index (κ3) is 3.29. The minimum Gasteiger partial charge on any atom is -0.443 e. The van der Waals surface area contributed by atoms with Crippen molar-refractivity contribution < 1.29 is 18.8 Å². The molecule has 1 aliphatic rings. The number of carbonyl (C=O) groups is 1. The molecule has 0 spiro atoms. The maximum atomic E-state index is 13.8. The van der Waals surface area contributed by atoms with Gasteiger partial charge in [-0.25, -0.2) is 4.79 Å². The van der Waals surface area contributed by atoms with Crippen molar-refractivity contribution in [2.24, 2.45) is 0 Å². The first kappa shape index (κ1) is 15.2. The van der Waals surface area contributed by atoms with Crippen molar-refractivity contribution in [1.82, 2.24) is 0 Å². The van der Waals surface area contributed by atoms with E-state index >= 15 is 0 Å².